The number of carbonyl (C=O) groups is 1. The van der Waals surface area contributed by atoms with Crippen LogP contribution in [0.15, 0.2) is 23.8 Å². The van der Waals surface area contributed by atoms with E-state index in [0.717, 1.165) is 38.5 Å². The van der Waals surface area contributed by atoms with Crippen molar-refractivity contribution in [1.29, 1.82) is 0 Å². The third-order valence-corrected chi connectivity index (χ3v) is 8.24. The van der Waals surface area contributed by atoms with Crippen molar-refractivity contribution in [2.24, 2.45) is 34.5 Å². The largest absolute Gasteiger partial charge is 0.392 e. The van der Waals surface area contributed by atoms with Crippen LogP contribution in [-0.2, 0) is 4.79 Å². The molecule has 2 nitrogen and oxygen atoms in total. The summed E-state index contributed by atoms with van der Waals surface area (Å²) in [5.41, 5.74) is 1.60. The normalized spacial score (nSPS) is 51.5. The van der Waals surface area contributed by atoms with Gasteiger partial charge in [0.25, 0.3) is 0 Å². The van der Waals surface area contributed by atoms with Gasteiger partial charge in [0.05, 0.1) is 6.10 Å². The van der Waals surface area contributed by atoms with E-state index in [-0.39, 0.29) is 28.0 Å². The Morgan fingerprint density at radius 1 is 1.26 bits per heavy atom. The summed E-state index contributed by atoms with van der Waals surface area (Å²) < 4.78 is 0. The Balaban J connectivity index is 1.72. The number of hydrogen-bond acceptors (Lipinski definition) is 2. The first-order valence-corrected chi connectivity index (χ1v) is 9.61. The fraction of sp³-hybridized carbons (Fsp3) is 0.750. The molecule has 0 heterocycles. The molecule has 4 aliphatic carbocycles. The standard InChI is InChI=1S/C20H28O2S/c1-19-9-4-3-5-12(19)11-16(21)17-13-6-7-15(18(22)23)20(13,2)10-8-14(17)19/h4-5,9,13-17,21H,3,6-8,10-11H2,1-2H3,(H,22,23)/t13-,14-,15?,16?,17-,19-,20-/m0/s1. The summed E-state index contributed by atoms with van der Waals surface area (Å²) in [4.78, 5) is 12.0. The van der Waals surface area contributed by atoms with E-state index in [1.165, 1.54) is 5.57 Å². The number of thiol groups is 1. The topological polar surface area (TPSA) is 37.3 Å². The summed E-state index contributed by atoms with van der Waals surface area (Å²) in [6.07, 6.45) is 12.8. The maximum absolute atomic E-state index is 12.0. The number of aliphatic hydroxyl groups is 1. The van der Waals surface area contributed by atoms with E-state index >= 15 is 0 Å². The fourth-order valence-corrected chi connectivity index (χ4v) is 7.14. The highest BCUT2D eigenvalue weighted by Crippen LogP contribution is 2.66. The lowest BCUT2D eigenvalue weighted by atomic mass is 9.47. The van der Waals surface area contributed by atoms with Crippen LogP contribution >= 0.6 is 12.6 Å². The average molecular weight is 333 g/mol. The minimum atomic E-state index is -0.246. The number of fused-ring (bicyclic) bond motifs is 5. The Labute approximate surface area is 144 Å². The van der Waals surface area contributed by atoms with Gasteiger partial charge in [-0.15, -0.1) is 12.6 Å². The molecular weight excluding hydrogens is 304 g/mol. The van der Waals surface area contributed by atoms with Crippen LogP contribution in [0.1, 0.15) is 52.4 Å². The number of allylic oxidation sites excluding steroid dienone is 3. The van der Waals surface area contributed by atoms with E-state index < -0.39 is 0 Å². The molecule has 0 bridgehead atoms. The lowest BCUT2D eigenvalue weighted by Gasteiger charge is -2.58. The Hall–Kier alpha value is -0.540. The minimum Gasteiger partial charge on any atom is -0.392 e. The van der Waals surface area contributed by atoms with Gasteiger partial charge in [-0.1, -0.05) is 37.6 Å². The van der Waals surface area contributed by atoms with E-state index in [1.807, 2.05) is 0 Å². The molecule has 0 aliphatic heterocycles. The molecule has 3 saturated carbocycles. The molecule has 4 aliphatic rings. The Morgan fingerprint density at radius 3 is 2.78 bits per heavy atom. The van der Waals surface area contributed by atoms with Gasteiger partial charge in [-0.3, -0.25) is 4.79 Å². The number of carbonyl (C=O) groups excluding carboxylic acids is 1. The maximum atomic E-state index is 12.0. The van der Waals surface area contributed by atoms with E-state index in [1.54, 1.807) is 0 Å². The SMILES string of the molecule is C[C@]12C=CCC=C1CC(O)[C@@H]1[C@@H]2CC[C@]2(C)C(C(=O)S)CC[C@@H]12. The van der Waals surface area contributed by atoms with Gasteiger partial charge in [0.2, 0.25) is 0 Å². The molecule has 0 radical (unpaired) electrons. The molecule has 0 aromatic heterocycles. The monoisotopic (exact) mass is 332 g/mol. The lowest BCUT2D eigenvalue weighted by Crippen LogP contribution is -2.54. The van der Waals surface area contributed by atoms with Crippen LogP contribution in [-0.4, -0.2) is 16.3 Å². The molecular formula is C20H28O2S. The molecule has 7 atom stereocenters. The summed E-state index contributed by atoms with van der Waals surface area (Å²) in [5, 5.41) is 11.0. The van der Waals surface area contributed by atoms with Gasteiger partial charge in [-0.2, -0.15) is 0 Å². The lowest BCUT2D eigenvalue weighted by molar-refractivity contribution is -0.125. The van der Waals surface area contributed by atoms with E-state index in [2.05, 4.69) is 44.7 Å². The molecule has 0 aromatic rings. The molecule has 23 heavy (non-hydrogen) atoms. The van der Waals surface area contributed by atoms with Crippen LogP contribution in [0.4, 0.5) is 0 Å². The van der Waals surface area contributed by atoms with Crippen molar-refractivity contribution < 1.29 is 9.90 Å². The van der Waals surface area contributed by atoms with Crippen LogP contribution in [0.2, 0.25) is 0 Å². The molecule has 126 valence electrons. The quantitative estimate of drug-likeness (QED) is 0.559. The predicted octanol–water partition coefficient (Wildman–Crippen LogP) is 4.16. The third-order valence-electron chi connectivity index (χ3n) is 7.93. The van der Waals surface area contributed by atoms with Crippen LogP contribution in [0.3, 0.4) is 0 Å². The minimum absolute atomic E-state index is 0.0386. The summed E-state index contributed by atoms with van der Waals surface area (Å²) >= 11 is 4.17. The molecule has 0 spiro atoms. The summed E-state index contributed by atoms with van der Waals surface area (Å²) in [5.74, 6) is 1.39. The molecule has 3 fully saturated rings. The summed E-state index contributed by atoms with van der Waals surface area (Å²) in [7, 11) is 0. The second-order valence-electron chi connectivity index (χ2n) is 8.72. The van der Waals surface area contributed by atoms with Gasteiger partial charge in [-0.25, -0.2) is 0 Å². The second kappa shape index (κ2) is 5.23. The van der Waals surface area contributed by atoms with Gasteiger partial charge in [-0.05, 0) is 61.7 Å². The second-order valence-corrected chi connectivity index (χ2v) is 9.17. The van der Waals surface area contributed by atoms with Crippen molar-refractivity contribution in [2.75, 3.05) is 0 Å². The summed E-state index contributed by atoms with van der Waals surface area (Å²) in [6.45, 7) is 4.66. The maximum Gasteiger partial charge on any atom is 0.189 e. The van der Waals surface area contributed by atoms with Crippen molar-refractivity contribution in [3.63, 3.8) is 0 Å². The van der Waals surface area contributed by atoms with Gasteiger partial charge >= 0.3 is 0 Å². The predicted molar refractivity (Wildman–Crippen MR) is 95.1 cm³/mol. The van der Waals surface area contributed by atoms with E-state index in [9.17, 15) is 9.90 Å². The third kappa shape index (κ3) is 2.08. The number of hydrogen-bond donors (Lipinski definition) is 2. The van der Waals surface area contributed by atoms with E-state index in [0.29, 0.717) is 17.8 Å². The van der Waals surface area contributed by atoms with Crippen molar-refractivity contribution in [3.05, 3.63) is 23.8 Å². The highest BCUT2D eigenvalue weighted by Gasteiger charge is 2.61. The first kappa shape index (κ1) is 16.0. The number of rotatable bonds is 1. The van der Waals surface area contributed by atoms with Crippen molar-refractivity contribution in [3.8, 4) is 0 Å². The highest BCUT2D eigenvalue weighted by molar-refractivity contribution is 7.96. The zero-order chi connectivity index (χ0) is 16.4. The molecule has 3 heteroatoms. The zero-order valence-electron chi connectivity index (χ0n) is 14.2. The molecule has 0 amide bonds. The molecule has 0 aromatic carbocycles. The first-order valence-electron chi connectivity index (χ1n) is 9.16. The first-order chi connectivity index (χ1) is 10.9. The number of aliphatic hydroxyl groups excluding tert-OH is 1. The molecule has 4 rings (SSSR count). The van der Waals surface area contributed by atoms with Crippen molar-refractivity contribution in [2.45, 2.75) is 58.5 Å². The van der Waals surface area contributed by atoms with Crippen LogP contribution in [0.5, 0.6) is 0 Å². The average Bonchev–Trinajstić information content (AvgIpc) is 2.85. The Bertz CT molecular complexity index is 594. The molecule has 1 N–H and O–H groups in total. The highest BCUT2D eigenvalue weighted by atomic mass is 32.1. The zero-order valence-corrected chi connectivity index (χ0v) is 15.1. The summed E-state index contributed by atoms with van der Waals surface area (Å²) in [6, 6.07) is 0. The Morgan fingerprint density at radius 2 is 2.04 bits per heavy atom. The van der Waals surface area contributed by atoms with Crippen LogP contribution in [0.25, 0.3) is 0 Å². The Kier molecular flexibility index (Phi) is 3.63. The van der Waals surface area contributed by atoms with E-state index in [4.69, 9.17) is 0 Å². The van der Waals surface area contributed by atoms with Crippen LogP contribution in [0, 0.1) is 34.5 Å². The molecule has 2 unspecified atom stereocenters. The van der Waals surface area contributed by atoms with Crippen molar-refractivity contribution >= 4 is 17.7 Å². The van der Waals surface area contributed by atoms with Crippen molar-refractivity contribution in [1.82, 2.24) is 0 Å². The van der Waals surface area contributed by atoms with Gasteiger partial charge in [0.15, 0.2) is 5.12 Å². The van der Waals surface area contributed by atoms with Gasteiger partial charge in [0, 0.05) is 11.3 Å². The van der Waals surface area contributed by atoms with Gasteiger partial charge < -0.3 is 5.11 Å². The smallest absolute Gasteiger partial charge is 0.189 e. The fourth-order valence-electron chi connectivity index (χ4n) is 6.71. The van der Waals surface area contributed by atoms with Gasteiger partial charge in [0.1, 0.15) is 0 Å². The molecule has 0 saturated heterocycles. The van der Waals surface area contributed by atoms with Crippen LogP contribution < -0.4 is 0 Å².